The molecule has 7 heteroatoms. The van der Waals surface area contributed by atoms with E-state index in [9.17, 15) is 0 Å². The molecule has 0 radical (unpaired) electrons. The summed E-state index contributed by atoms with van der Waals surface area (Å²) in [7, 11) is 5.99. The Kier molecular flexibility index (Phi) is 13.5. The first-order valence-corrected chi connectivity index (χ1v) is 10.0. The summed E-state index contributed by atoms with van der Waals surface area (Å²) in [6.45, 7) is 5.97. The second-order valence-corrected chi connectivity index (χ2v) is 7.34. The number of hydrogen-bond donors (Lipinski definition) is 2. The van der Waals surface area contributed by atoms with Gasteiger partial charge in [-0.1, -0.05) is 24.3 Å². The van der Waals surface area contributed by atoms with Crippen molar-refractivity contribution >= 4 is 29.9 Å². The Balaban J connectivity index is 0.00000392. The van der Waals surface area contributed by atoms with Crippen molar-refractivity contribution in [2.24, 2.45) is 10.9 Å². The molecule has 0 saturated carbocycles. The van der Waals surface area contributed by atoms with Crippen LogP contribution in [0, 0.1) is 5.92 Å². The molecular weight excluding hydrogens is 467 g/mol. The Hall–Kier alpha value is -0.900. The zero-order valence-electron chi connectivity index (χ0n) is 17.6. The minimum Gasteiger partial charge on any atom is -0.381 e. The highest BCUT2D eigenvalue weighted by Gasteiger charge is 2.13. The molecule has 2 rings (SSSR count). The first-order valence-electron chi connectivity index (χ1n) is 10.0. The minimum absolute atomic E-state index is 0. The Bertz CT molecular complexity index is 563. The summed E-state index contributed by atoms with van der Waals surface area (Å²) in [6.07, 6.45) is 3.23. The van der Waals surface area contributed by atoms with Gasteiger partial charge in [-0.3, -0.25) is 4.99 Å². The van der Waals surface area contributed by atoms with Gasteiger partial charge < -0.3 is 25.0 Å². The molecule has 0 atom stereocenters. The summed E-state index contributed by atoms with van der Waals surface area (Å²) in [5.41, 5.74) is 2.64. The first-order chi connectivity index (χ1) is 13.2. The molecule has 1 fully saturated rings. The van der Waals surface area contributed by atoms with Gasteiger partial charge in [-0.05, 0) is 50.4 Å². The fraction of sp³-hybridized carbons (Fsp3) is 0.667. The average molecular weight is 504 g/mol. The molecule has 1 heterocycles. The summed E-state index contributed by atoms with van der Waals surface area (Å²) in [5.74, 6) is 1.50. The van der Waals surface area contributed by atoms with Crippen molar-refractivity contribution in [1.29, 1.82) is 0 Å². The SMILES string of the molecule is CN=C(NCCCOCC1CCOCC1)NCc1ccccc1CN(C)C.I. The highest BCUT2D eigenvalue weighted by molar-refractivity contribution is 14.0. The summed E-state index contributed by atoms with van der Waals surface area (Å²) in [5, 5.41) is 6.77. The van der Waals surface area contributed by atoms with Crippen LogP contribution in [0.3, 0.4) is 0 Å². The Labute approximate surface area is 187 Å². The third-order valence-corrected chi connectivity index (χ3v) is 4.73. The Morgan fingerprint density at radius 3 is 2.57 bits per heavy atom. The van der Waals surface area contributed by atoms with Gasteiger partial charge in [0.2, 0.25) is 0 Å². The number of nitrogens with one attached hydrogen (secondary N) is 2. The third-order valence-electron chi connectivity index (χ3n) is 4.73. The highest BCUT2D eigenvalue weighted by atomic mass is 127. The normalized spacial score (nSPS) is 15.4. The number of guanidine groups is 1. The number of benzene rings is 1. The maximum Gasteiger partial charge on any atom is 0.191 e. The quantitative estimate of drug-likeness (QED) is 0.222. The summed E-state index contributed by atoms with van der Waals surface area (Å²) < 4.78 is 11.2. The molecule has 0 aliphatic carbocycles. The fourth-order valence-electron chi connectivity index (χ4n) is 3.17. The van der Waals surface area contributed by atoms with Gasteiger partial charge in [-0.2, -0.15) is 0 Å². The maximum atomic E-state index is 5.81. The molecular formula is C21H37IN4O2. The van der Waals surface area contributed by atoms with Crippen LogP contribution in [-0.4, -0.2) is 65.0 Å². The number of aliphatic imine (C=N–C) groups is 1. The van der Waals surface area contributed by atoms with Crippen LogP contribution < -0.4 is 10.6 Å². The van der Waals surface area contributed by atoms with Gasteiger partial charge in [0.25, 0.3) is 0 Å². The lowest BCUT2D eigenvalue weighted by molar-refractivity contribution is 0.0203. The van der Waals surface area contributed by atoms with E-state index in [0.29, 0.717) is 5.92 Å². The van der Waals surface area contributed by atoms with E-state index >= 15 is 0 Å². The Morgan fingerprint density at radius 1 is 1.18 bits per heavy atom. The zero-order valence-corrected chi connectivity index (χ0v) is 19.9. The van der Waals surface area contributed by atoms with Crippen molar-refractivity contribution in [2.75, 3.05) is 54.1 Å². The van der Waals surface area contributed by atoms with Gasteiger partial charge in [0, 0.05) is 53.1 Å². The minimum atomic E-state index is 0. The first kappa shape index (κ1) is 25.1. The van der Waals surface area contributed by atoms with Crippen molar-refractivity contribution in [3.8, 4) is 0 Å². The largest absolute Gasteiger partial charge is 0.381 e. The van der Waals surface area contributed by atoms with E-state index < -0.39 is 0 Å². The number of hydrogen-bond acceptors (Lipinski definition) is 4. The molecule has 0 spiro atoms. The molecule has 0 aromatic heterocycles. The maximum absolute atomic E-state index is 5.81. The molecule has 1 saturated heterocycles. The van der Waals surface area contributed by atoms with E-state index in [0.717, 1.165) is 71.3 Å². The molecule has 0 unspecified atom stereocenters. The molecule has 1 aliphatic rings. The van der Waals surface area contributed by atoms with Crippen LogP contribution in [0.5, 0.6) is 0 Å². The van der Waals surface area contributed by atoms with Gasteiger partial charge in [0.05, 0.1) is 0 Å². The van der Waals surface area contributed by atoms with E-state index in [2.05, 4.69) is 58.9 Å². The van der Waals surface area contributed by atoms with Crippen molar-refractivity contribution in [3.63, 3.8) is 0 Å². The van der Waals surface area contributed by atoms with Gasteiger partial charge in [-0.25, -0.2) is 0 Å². The second kappa shape index (κ2) is 15.0. The molecule has 2 N–H and O–H groups in total. The van der Waals surface area contributed by atoms with E-state index in [-0.39, 0.29) is 24.0 Å². The number of nitrogens with zero attached hydrogens (tertiary/aromatic N) is 2. The topological polar surface area (TPSA) is 58.1 Å². The fourth-order valence-corrected chi connectivity index (χ4v) is 3.17. The summed E-state index contributed by atoms with van der Waals surface area (Å²) >= 11 is 0. The smallest absolute Gasteiger partial charge is 0.191 e. The molecule has 1 aromatic rings. The predicted octanol–water partition coefficient (Wildman–Crippen LogP) is 2.86. The molecule has 6 nitrogen and oxygen atoms in total. The van der Waals surface area contributed by atoms with Gasteiger partial charge in [0.15, 0.2) is 5.96 Å². The van der Waals surface area contributed by atoms with Crippen molar-refractivity contribution in [1.82, 2.24) is 15.5 Å². The van der Waals surface area contributed by atoms with E-state index in [4.69, 9.17) is 9.47 Å². The zero-order chi connectivity index (χ0) is 19.3. The van der Waals surface area contributed by atoms with Crippen molar-refractivity contribution in [2.45, 2.75) is 32.4 Å². The highest BCUT2D eigenvalue weighted by Crippen LogP contribution is 2.14. The van der Waals surface area contributed by atoms with Crippen LogP contribution in [0.4, 0.5) is 0 Å². The van der Waals surface area contributed by atoms with Crippen LogP contribution in [0.1, 0.15) is 30.4 Å². The molecule has 1 aromatic carbocycles. The molecule has 1 aliphatic heterocycles. The van der Waals surface area contributed by atoms with Crippen LogP contribution in [0.15, 0.2) is 29.3 Å². The number of rotatable bonds is 10. The second-order valence-electron chi connectivity index (χ2n) is 7.34. The van der Waals surface area contributed by atoms with Crippen LogP contribution in [-0.2, 0) is 22.6 Å². The monoisotopic (exact) mass is 504 g/mol. The van der Waals surface area contributed by atoms with E-state index in [1.807, 2.05) is 7.05 Å². The lowest BCUT2D eigenvalue weighted by Gasteiger charge is -2.21. The lowest BCUT2D eigenvalue weighted by Crippen LogP contribution is -2.37. The van der Waals surface area contributed by atoms with Gasteiger partial charge >= 0.3 is 0 Å². The van der Waals surface area contributed by atoms with E-state index in [1.54, 1.807) is 0 Å². The van der Waals surface area contributed by atoms with Crippen LogP contribution in [0.25, 0.3) is 0 Å². The predicted molar refractivity (Wildman–Crippen MR) is 126 cm³/mol. The summed E-state index contributed by atoms with van der Waals surface area (Å²) in [6, 6.07) is 8.53. The van der Waals surface area contributed by atoms with Crippen molar-refractivity contribution in [3.05, 3.63) is 35.4 Å². The Morgan fingerprint density at radius 2 is 1.89 bits per heavy atom. The van der Waals surface area contributed by atoms with Crippen LogP contribution >= 0.6 is 24.0 Å². The third kappa shape index (κ3) is 10.0. The summed E-state index contributed by atoms with van der Waals surface area (Å²) in [4.78, 5) is 6.50. The lowest BCUT2D eigenvalue weighted by atomic mass is 10.0. The molecule has 0 amide bonds. The van der Waals surface area contributed by atoms with Crippen LogP contribution in [0.2, 0.25) is 0 Å². The molecule has 0 bridgehead atoms. The van der Waals surface area contributed by atoms with Gasteiger partial charge in [0.1, 0.15) is 0 Å². The molecule has 160 valence electrons. The number of ether oxygens (including phenoxy) is 2. The van der Waals surface area contributed by atoms with Crippen molar-refractivity contribution < 1.29 is 9.47 Å². The molecule has 28 heavy (non-hydrogen) atoms. The standard InChI is InChI=1S/C21H36N4O2.HI/c1-22-21(23-11-6-12-27-17-18-9-13-26-14-10-18)24-15-19-7-4-5-8-20(19)16-25(2)3;/h4-5,7-8,18H,6,9-17H2,1-3H3,(H2,22,23,24);1H. The van der Waals surface area contributed by atoms with E-state index in [1.165, 1.54) is 11.1 Å². The van der Waals surface area contributed by atoms with Gasteiger partial charge in [-0.15, -0.1) is 24.0 Å². The number of halogens is 1. The average Bonchev–Trinajstić information content (AvgIpc) is 2.68.